The van der Waals surface area contributed by atoms with E-state index in [1.165, 1.54) is 28.9 Å². The number of rotatable bonds is 6. The number of hydrogen-bond acceptors (Lipinski definition) is 4. The van der Waals surface area contributed by atoms with Crippen LogP contribution in [0.5, 0.6) is 0 Å². The lowest BCUT2D eigenvalue weighted by atomic mass is 10.2. The maximum atomic E-state index is 13.1. The maximum Gasteiger partial charge on any atom is 0.266 e. The first-order valence-corrected chi connectivity index (χ1v) is 8.16. The van der Waals surface area contributed by atoms with E-state index in [1.807, 2.05) is 12.1 Å². The summed E-state index contributed by atoms with van der Waals surface area (Å²) in [6, 6.07) is 12.4. The number of anilines is 1. The SMILES string of the molecule is O=C(CCCn1nc(-c2ccncc2)ccc1=O)Nc1cccc(F)c1. The molecule has 1 amide bonds. The summed E-state index contributed by atoms with van der Waals surface area (Å²) in [5.41, 5.74) is 1.70. The van der Waals surface area contributed by atoms with E-state index in [2.05, 4.69) is 15.4 Å². The van der Waals surface area contributed by atoms with Gasteiger partial charge < -0.3 is 5.32 Å². The zero-order valence-electron chi connectivity index (χ0n) is 13.9. The smallest absolute Gasteiger partial charge is 0.266 e. The molecule has 0 unspecified atom stereocenters. The summed E-state index contributed by atoms with van der Waals surface area (Å²) in [6.45, 7) is 0.314. The minimum atomic E-state index is -0.411. The molecule has 0 saturated heterocycles. The van der Waals surface area contributed by atoms with Crippen LogP contribution in [-0.4, -0.2) is 20.7 Å². The largest absolute Gasteiger partial charge is 0.326 e. The molecule has 0 saturated carbocycles. The van der Waals surface area contributed by atoms with Gasteiger partial charge >= 0.3 is 0 Å². The van der Waals surface area contributed by atoms with Gasteiger partial charge in [0.25, 0.3) is 5.56 Å². The van der Waals surface area contributed by atoms with E-state index < -0.39 is 5.82 Å². The summed E-state index contributed by atoms with van der Waals surface area (Å²) < 4.78 is 14.5. The highest BCUT2D eigenvalue weighted by atomic mass is 19.1. The van der Waals surface area contributed by atoms with Crippen molar-refractivity contribution in [2.75, 3.05) is 5.32 Å². The third-order valence-corrected chi connectivity index (χ3v) is 3.72. The highest BCUT2D eigenvalue weighted by molar-refractivity contribution is 5.90. The predicted molar refractivity (Wildman–Crippen MR) is 96.0 cm³/mol. The molecule has 2 heterocycles. The summed E-state index contributed by atoms with van der Waals surface area (Å²) in [6.07, 6.45) is 3.95. The molecule has 0 fully saturated rings. The number of amides is 1. The molecule has 0 aliphatic carbocycles. The average Bonchev–Trinajstić information content (AvgIpc) is 2.64. The normalized spacial score (nSPS) is 10.5. The maximum absolute atomic E-state index is 13.1. The fraction of sp³-hybridized carbons (Fsp3) is 0.158. The zero-order valence-corrected chi connectivity index (χ0v) is 13.9. The molecule has 1 aromatic carbocycles. The lowest BCUT2D eigenvalue weighted by Gasteiger charge is -2.08. The van der Waals surface area contributed by atoms with Gasteiger partial charge in [-0.15, -0.1) is 0 Å². The van der Waals surface area contributed by atoms with Crippen LogP contribution < -0.4 is 10.9 Å². The Balaban J connectivity index is 1.59. The number of nitrogens with zero attached hydrogens (tertiary/aromatic N) is 3. The number of aromatic nitrogens is 3. The van der Waals surface area contributed by atoms with Crippen LogP contribution in [0.1, 0.15) is 12.8 Å². The Bertz CT molecular complexity index is 957. The van der Waals surface area contributed by atoms with Crippen molar-refractivity contribution in [1.29, 1.82) is 0 Å². The molecule has 3 rings (SSSR count). The van der Waals surface area contributed by atoms with E-state index >= 15 is 0 Å². The fourth-order valence-corrected chi connectivity index (χ4v) is 2.46. The standard InChI is InChI=1S/C19H17FN4O2/c20-15-3-1-4-16(13-15)22-18(25)5-2-12-24-19(26)7-6-17(23-24)14-8-10-21-11-9-14/h1,3-4,6-11,13H,2,5,12H2,(H,22,25). The van der Waals surface area contributed by atoms with Crippen LogP contribution in [0.25, 0.3) is 11.3 Å². The molecule has 0 aliphatic heterocycles. The van der Waals surface area contributed by atoms with Gasteiger partial charge in [-0.2, -0.15) is 5.10 Å². The lowest BCUT2D eigenvalue weighted by Crippen LogP contribution is -2.23. The molecular weight excluding hydrogens is 335 g/mol. The molecule has 0 atom stereocenters. The minimum absolute atomic E-state index is 0.199. The van der Waals surface area contributed by atoms with Gasteiger partial charge in [-0.1, -0.05) is 6.07 Å². The highest BCUT2D eigenvalue weighted by Crippen LogP contribution is 2.13. The molecular formula is C19H17FN4O2. The van der Waals surface area contributed by atoms with Crippen molar-refractivity contribution in [2.24, 2.45) is 0 Å². The number of carbonyl (C=O) groups excluding carboxylic acids is 1. The summed E-state index contributed by atoms with van der Waals surface area (Å²) in [7, 11) is 0. The Morgan fingerprint density at radius 2 is 1.92 bits per heavy atom. The third kappa shape index (κ3) is 4.60. The summed E-state index contributed by atoms with van der Waals surface area (Å²) in [5, 5.41) is 6.96. The van der Waals surface area contributed by atoms with Crippen LogP contribution in [0.4, 0.5) is 10.1 Å². The van der Waals surface area contributed by atoms with Crippen molar-refractivity contribution in [3.63, 3.8) is 0 Å². The molecule has 0 bridgehead atoms. The molecule has 1 N–H and O–H groups in total. The van der Waals surface area contributed by atoms with Gasteiger partial charge in [0.15, 0.2) is 0 Å². The van der Waals surface area contributed by atoms with Gasteiger partial charge in [0.1, 0.15) is 5.82 Å². The minimum Gasteiger partial charge on any atom is -0.326 e. The van der Waals surface area contributed by atoms with E-state index in [9.17, 15) is 14.0 Å². The molecule has 7 heteroatoms. The number of hydrogen-bond donors (Lipinski definition) is 1. The summed E-state index contributed by atoms with van der Waals surface area (Å²) >= 11 is 0. The molecule has 6 nitrogen and oxygen atoms in total. The number of benzene rings is 1. The van der Waals surface area contributed by atoms with Crippen molar-refractivity contribution >= 4 is 11.6 Å². The van der Waals surface area contributed by atoms with Crippen molar-refractivity contribution < 1.29 is 9.18 Å². The molecule has 3 aromatic rings. The van der Waals surface area contributed by atoms with E-state index in [1.54, 1.807) is 24.5 Å². The van der Waals surface area contributed by atoms with E-state index in [0.29, 0.717) is 24.3 Å². The topological polar surface area (TPSA) is 76.9 Å². The van der Waals surface area contributed by atoms with Crippen LogP contribution in [0.3, 0.4) is 0 Å². The number of halogens is 1. The average molecular weight is 352 g/mol. The van der Waals surface area contributed by atoms with Crippen molar-refractivity contribution in [3.05, 3.63) is 77.1 Å². The Hall–Kier alpha value is -3.35. The fourth-order valence-electron chi connectivity index (χ4n) is 2.46. The first-order chi connectivity index (χ1) is 12.6. The second-order valence-corrected chi connectivity index (χ2v) is 5.68. The molecule has 0 aliphatic rings. The Morgan fingerprint density at radius 1 is 1.12 bits per heavy atom. The van der Waals surface area contributed by atoms with Crippen LogP contribution in [-0.2, 0) is 11.3 Å². The van der Waals surface area contributed by atoms with Crippen molar-refractivity contribution in [2.45, 2.75) is 19.4 Å². The predicted octanol–water partition coefficient (Wildman–Crippen LogP) is 2.86. The summed E-state index contributed by atoms with van der Waals surface area (Å²) in [4.78, 5) is 27.8. The number of carbonyl (C=O) groups is 1. The van der Waals surface area contributed by atoms with E-state index in [4.69, 9.17) is 0 Å². The van der Waals surface area contributed by atoms with Gasteiger partial charge in [0.2, 0.25) is 5.91 Å². The van der Waals surface area contributed by atoms with Crippen LogP contribution in [0.2, 0.25) is 0 Å². The second kappa shape index (κ2) is 8.15. The molecule has 0 radical (unpaired) electrons. The third-order valence-electron chi connectivity index (χ3n) is 3.72. The monoisotopic (exact) mass is 352 g/mol. The zero-order chi connectivity index (χ0) is 18.4. The number of aryl methyl sites for hydroxylation is 1. The van der Waals surface area contributed by atoms with Gasteiger partial charge in [-0.05, 0) is 42.8 Å². The van der Waals surface area contributed by atoms with Crippen LogP contribution in [0, 0.1) is 5.82 Å². The van der Waals surface area contributed by atoms with E-state index in [0.717, 1.165) is 5.56 Å². The Morgan fingerprint density at radius 3 is 2.69 bits per heavy atom. The van der Waals surface area contributed by atoms with Gasteiger partial charge in [-0.25, -0.2) is 9.07 Å². The van der Waals surface area contributed by atoms with Gasteiger partial charge in [0, 0.05) is 42.7 Å². The van der Waals surface area contributed by atoms with Crippen molar-refractivity contribution in [1.82, 2.24) is 14.8 Å². The first-order valence-electron chi connectivity index (χ1n) is 8.16. The molecule has 132 valence electrons. The molecule has 2 aromatic heterocycles. The van der Waals surface area contributed by atoms with Crippen LogP contribution in [0.15, 0.2) is 65.7 Å². The van der Waals surface area contributed by atoms with Crippen LogP contribution >= 0.6 is 0 Å². The van der Waals surface area contributed by atoms with Gasteiger partial charge in [0.05, 0.1) is 5.69 Å². The summed E-state index contributed by atoms with van der Waals surface area (Å²) in [5.74, 6) is -0.652. The Labute approximate surface area is 149 Å². The van der Waals surface area contributed by atoms with E-state index in [-0.39, 0.29) is 17.9 Å². The number of pyridine rings is 1. The quantitative estimate of drug-likeness (QED) is 0.740. The van der Waals surface area contributed by atoms with Crippen molar-refractivity contribution in [3.8, 4) is 11.3 Å². The highest BCUT2D eigenvalue weighted by Gasteiger charge is 2.06. The first kappa shape index (κ1) is 17.5. The second-order valence-electron chi connectivity index (χ2n) is 5.68. The molecule has 0 spiro atoms. The number of nitrogens with one attached hydrogen (secondary N) is 1. The lowest BCUT2D eigenvalue weighted by molar-refractivity contribution is -0.116. The van der Waals surface area contributed by atoms with Gasteiger partial charge in [-0.3, -0.25) is 14.6 Å². The Kier molecular flexibility index (Phi) is 5.48. The molecule has 26 heavy (non-hydrogen) atoms.